The number of carbonyl (C=O) groups is 2. The molecule has 2 fully saturated rings. The summed E-state index contributed by atoms with van der Waals surface area (Å²) in [5.41, 5.74) is -0.0210. The second-order valence-electron chi connectivity index (χ2n) is 7.78. The van der Waals surface area contributed by atoms with Crippen molar-refractivity contribution < 1.29 is 18.7 Å². The molecule has 6 heteroatoms. The maximum atomic E-state index is 13.6. The largest absolute Gasteiger partial charge is 0.361 e. The molecule has 0 N–H and O–H groups in total. The molecule has 2 aliphatic heterocycles. The summed E-state index contributed by atoms with van der Waals surface area (Å²) >= 11 is 0. The van der Waals surface area contributed by atoms with Gasteiger partial charge in [-0.1, -0.05) is 19.9 Å². The van der Waals surface area contributed by atoms with Gasteiger partial charge in [0.05, 0.1) is 13.1 Å². The van der Waals surface area contributed by atoms with Crippen LogP contribution < -0.4 is 4.90 Å². The van der Waals surface area contributed by atoms with E-state index in [1.54, 1.807) is 17.0 Å². The van der Waals surface area contributed by atoms with Crippen LogP contribution in [0.1, 0.15) is 39.5 Å². The fourth-order valence-electron chi connectivity index (χ4n) is 3.72. The average molecular weight is 362 g/mol. The molecule has 1 aromatic rings. The lowest BCUT2D eigenvalue weighted by molar-refractivity contribution is -0.153. The molecule has 0 aliphatic carbocycles. The highest BCUT2D eigenvalue weighted by Crippen LogP contribution is 2.32. The topological polar surface area (TPSA) is 49.9 Å². The van der Waals surface area contributed by atoms with Gasteiger partial charge in [-0.25, -0.2) is 4.39 Å². The number of hydrogen-bond acceptors (Lipinski definition) is 3. The Morgan fingerprint density at radius 3 is 2.88 bits per heavy atom. The molecule has 1 aromatic carbocycles. The Balaban J connectivity index is 1.72. The van der Waals surface area contributed by atoms with Gasteiger partial charge in [0.1, 0.15) is 18.0 Å². The first kappa shape index (κ1) is 18.8. The number of ether oxygens (including phenoxy) is 1. The number of amides is 2. The van der Waals surface area contributed by atoms with E-state index in [2.05, 4.69) is 13.8 Å². The van der Waals surface area contributed by atoms with Crippen LogP contribution in [0.3, 0.4) is 0 Å². The SMILES string of the molecule is CC(C)CCC(=O)N1CCCC2(C1)CN(c1cccc(F)c1)C(=O)CO2. The molecular weight excluding hydrogens is 335 g/mol. The van der Waals surface area contributed by atoms with Gasteiger partial charge < -0.3 is 14.5 Å². The summed E-state index contributed by atoms with van der Waals surface area (Å²) in [7, 11) is 0. The van der Waals surface area contributed by atoms with Gasteiger partial charge in [-0.3, -0.25) is 9.59 Å². The first-order valence-electron chi connectivity index (χ1n) is 9.36. The van der Waals surface area contributed by atoms with E-state index in [4.69, 9.17) is 4.74 Å². The first-order chi connectivity index (χ1) is 12.4. The van der Waals surface area contributed by atoms with Crippen molar-refractivity contribution in [2.75, 3.05) is 31.1 Å². The summed E-state index contributed by atoms with van der Waals surface area (Å²) in [5, 5.41) is 0. The van der Waals surface area contributed by atoms with E-state index >= 15 is 0 Å². The highest BCUT2D eigenvalue weighted by atomic mass is 19.1. The zero-order valence-corrected chi connectivity index (χ0v) is 15.5. The van der Waals surface area contributed by atoms with Crippen LogP contribution in [0.2, 0.25) is 0 Å². The molecule has 3 rings (SSSR count). The van der Waals surface area contributed by atoms with Crippen molar-refractivity contribution in [2.24, 2.45) is 5.92 Å². The Morgan fingerprint density at radius 2 is 2.15 bits per heavy atom. The predicted molar refractivity (Wildman–Crippen MR) is 97.3 cm³/mol. The number of rotatable bonds is 4. The lowest BCUT2D eigenvalue weighted by atomic mass is 9.90. The van der Waals surface area contributed by atoms with E-state index in [0.29, 0.717) is 31.1 Å². The van der Waals surface area contributed by atoms with Crippen molar-refractivity contribution in [3.05, 3.63) is 30.1 Å². The number of hydrogen-bond donors (Lipinski definition) is 0. The minimum absolute atomic E-state index is 0.0372. The minimum Gasteiger partial charge on any atom is -0.361 e. The Kier molecular flexibility index (Phi) is 5.61. The van der Waals surface area contributed by atoms with Gasteiger partial charge >= 0.3 is 0 Å². The van der Waals surface area contributed by atoms with E-state index in [0.717, 1.165) is 25.8 Å². The van der Waals surface area contributed by atoms with Crippen molar-refractivity contribution in [3.63, 3.8) is 0 Å². The highest BCUT2D eigenvalue weighted by molar-refractivity contribution is 5.95. The third-order valence-electron chi connectivity index (χ3n) is 5.20. The second kappa shape index (κ2) is 7.74. The number of halogens is 1. The van der Waals surface area contributed by atoms with Gasteiger partial charge in [-0.2, -0.15) is 0 Å². The van der Waals surface area contributed by atoms with Crippen LogP contribution in [-0.2, 0) is 14.3 Å². The van der Waals surface area contributed by atoms with Crippen LogP contribution in [0.5, 0.6) is 0 Å². The Labute approximate surface area is 154 Å². The second-order valence-corrected chi connectivity index (χ2v) is 7.78. The predicted octanol–water partition coefficient (Wildman–Crippen LogP) is 2.99. The lowest BCUT2D eigenvalue weighted by Crippen LogP contribution is -2.62. The number of piperidine rings is 1. The summed E-state index contributed by atoms with van der Waals surface area (Å²) in [6.45, 7) is 5.75. The molecule has 142 valence electrons. The first-order valence-corrected chi connectivity index (χ1v) is 9.36. The maximum absolute atomic E-state index is 13.6. The Bertz CT molecular complexity index is 679. The normalized spacial score (nSPS) is 23.8. The zero-order valence-electron chi connectivity index (χ0n) is 15.5. The van der Waals surface area contributed by atoms with Crippen LogP contribution in [0.4, 0.5) is 10.1 Å². The molecule has 0 aromatic heterocycles. The van der Waals surface area contributed by atoms with Gasteiger partial charge in [-0.05, 0) is 43.4 Å². The minimum atomic E-state index is -0.564. The van der Waals surface area contributed by atoms with Gasteiger partial charge in [-0.15, -0.1) is 0 Å². The van der Waals surface area contributed by atoms with Crippen LogP contribution in [0.15, 0.2) is 24.3 Å². The van der Waals surface area contributed by atoms with Gasteiger partial charge in [0.2, 0.25) is 5.91 Å². The van der Waals surface area contributed by atoms with E-state index in [1.165, 1.54) is 12.1 Å². The summed E-state index contributed by atoms with van der Waals surface area (Å²) in [5.74, 6) is 0.0924. The summed E-state index contributed by atoms with van der Waals surface area (Å²) in [4.78, 5) is 28.3. The molecule has 1 unspecified atom stereocenters. The van der Waals surface area contributed by atoms with Gasteiger partial charge in [0.15, 0.2) is 0 Å². The molecule has 2 heterocycles. The summed E-state index contributed by atoms with van der Waals surface area (Å²) in [6, 6.07) is 6.06. The number of likely N-dealkylation sites (tertiary alicyclic amines) is 1. The molecule has 26 heavy (non-hydrogen) atoms. The van der Waals surface area contributed by atoms with Gasteiger partial charge in [0, 0.05) is 18.7 Å². The number of nitrogens with zero attached hydrogens (tertiary/aromatic N) is 2. The molecule has 0 radical (unpaired) electrons. The quantitative estimate of drug-likeness (QED) is 0.827. The molecule has 1 spiro atoms. The number of morpholine rings is 1. The third-order valence-corrected chi connectivity index (χ3v) is 5.20. The summed E-state index contributed by atoms with van der Waals surface area (Å²) in [6.07, 6.45) is 3.05. The smallest absolute Gasteiger partial charge is 0.253 e. The molecule has 0 bridgehead atoms. The molecule has 1 atom stereocenters. The fraction of sp³-hybridized carbons (Fsp3) is 0.600. The molecule has 0 saturated carbocycles. The Hall–Kier alpha value is -1.95. The third kappa shape index (κ3) is 4.23. The van der Waals surface area contributed by atoms with Crippen molar-refractivity contribution >= 4 is 17.5 Å². The van der Waals surface area contributed by atoms with Crippen LogP contribution in [0.25, 0.3) is 0 Å². The zero-order chi connectivity index (χ0) is 18.7. The molecule has 2 amide bonds. The monoisotopic (exact) mass is 362 g/mol. The molecule has 2 aliphatic rings. The molecule has 2 saturated heterocycles. The molecule has 5 nitrogen and oxygen atoms in total. The van der Waals surface area contributed by atoms with Crippen molar-refractivity contribution in [1.29, 1.82) is 0 Å². The lowest BCUT2D eigenvalue weighted by Gasteiger charge is -2.47. The average Bonchev–Trinajstić information content (AvgIpc) is 2.62. The number of benzene rings is 1. The maximum Gasteiger partial charge on any atom is 0.253 e. The van der Waals surface area contributed by atoms with Crippen LogP contribution in [0, 0.1) is 11.7 Å². The number of carbonyl (C=O) groups excluding carboxylic acids is 2. The van der Waals surface area contributed by atoms with Crippen molar-refractivity contribution in [3.8, 4) is 0 Å². The highest BCUT2D eigenvalue weighted by Gasteiger charge is 2.44. The van der Waals surface area contributed by atoms with Gasteiger partial charge in [0.25, 0.3) is 5.91 Å². The van der Waals surface area contributed by atoms with E-state index in [1.807, 2.05) is 4.90 Å². The fourth-order valence-corrected chi connectivity index (χ4v) is 3.72. The standard InChI is InChI=1S/C20H27FN2O3/c1-15(2)7-8-18(24)22-10-4-9-20(13-22)14-23(19(25)12-26-20)17-6-3-5-16(21)11-17/h3,5-6,11,15H,4,7-10,12-14H2,1-2H3. The van der Waals surface area contributed by atoms with E-state index < -0.39 is 5.60 Å². The summed E-state index contributed by atoms with van der Waals surface area (Å²) < 4.78 is 19.5. The van der Waals surface area contributed by atoms with E-state index in [9.17, 15) is 14.0 Å². The van der Waals surface area contributed by atoms with E-state index in [-0.39, 0.29) is 24.2 Å². The van der Waals surface area contributed by atoms with Crippen LogP contribution >= 0.6 is 0 Å². The van der Waals surface area contributed by atoms with Crippen molar-refractivity contribution in [2.45, 2.75) is 45.1 Å². The molecular formula is C20H27FN2O3. The van der Waals surface area contributed by atoms with Crippen LogP contribution in [-0.4, -0.2) is 48.6 Å². The van der Waals surface area contributed by atoms with Crippen molar-refractivity contribution in [1.82, 2.24) is 4.90 Å². The number of anilines is 1. The Morgan fingerprint density at radius 1 is 1.35 bits per heavy atom.